The third-order valence-corrected chi connectivity index (χ3v) is 2.70. The van der Waals surface area contributed by atoms with Crippen LogP contribution in [0.5, 0.6) is 0 Å². The van der Waals surface area contributed by atoms with Crippen molar-refractivity contribution in [3.05, 3.63) is 23.7 Å². The summed E-state index contributed by atoms with van der Waals surface area (Å²) < 4.78 is 5.21. The van der Waals surface area contributed by atoms with Gasteiger partial charge in [-0.15, -0.1) is 0 Å². The SMILES string of the molecule is CCN(CC)C(=O)CCNCc1ccc(C#N)o1. The maximum Gasteiger partial charge on any atom is 0.223 e. The van der Waals surface area contributed by atoms with Crippen LogP contribution in [-0.2, 0) is 11.3 Å². The Morgan fingerprint density at radius 3 is 2.72 bits per heavy atom. The molecule has 0 aliphatic rings. The second kappa shape index (κ2) is 7.51. The van der Waals surface area contributed by atoms with Crippen molar-refractivity contribution in [2.24, 2.45) is 0 Å². The van der Waals surface area contributed by atoms with Gasteiger partial charge in [-0.05, 0) is 26.0 Å². The average molecular weight is 249 g/mol. The third-order valence-electron chi connectivity index (χ3n) is 2.70. The van der Waals surface area contributed by atoms with E-state index in [1.807, 2.05) is 24.8 Å². The Morgan fingerprint density at radius 2 is 2.17 bits per heavy atom. The third kappa shape index (κ3) is 4.22. The Bertz CT molecular complexity index is 416. The summed E-state index contributed by atoms with van der Waals surface area (Å²) in [6.07, 6.45) is 0.480. The van der Waals surface area contributed by atoms with Crippen molar-refractivity contribution in [3.8, 4) is 6.07 Å². The predicted octanol–water partition coefficient (Wildman–Crippen LogP) is 1.50. The highest BCUT2D eigenvalue weighted by atomic mass is 16.3. The van der Waals surface area contributed by atoms with Gasteiger partial charge < -0.3 is 14.6 Å². The van der Waals surface area contributed by atoms with Crippen molar-refractivity contribution in [2.45, 2.75) is 26.8 Å². The van der Waals surface area contributed by atoms with Crippen LogP contribution in [0.2, 0.25) is 0 Å². The molecule has 0 fully saturated rings. The van der Waals surface area contributed by atoms with Crippen LogP contribution in [0.3, 0.4) is 0 Å². The second-order valence-electron chi connectivity index (χ2n) is 3.87. The highest BCUT2D eigenvalue weighted by molar-refractivity contribution is 5.76. The van der Waals surface area contributed by atoms with Crippen LogP contribution in [-0.4, -0.2) is 30.4 Å². The van der Waals surface area contributed by atoms with Crippen molar-refractivity contribution in [2.75, 3.05) is 19.6 Å². The molecule has 18 heavy (non-hydrogen) atoms. The lowest BCUT2D eigenvalue weighted by Gasteiger charge is -2.18. The van der Waals surface area contributed by atoms with Gasteiger partial charge in [-0.1, -0.05) is 0 Å². The van der Waals surface area contributed by atoms with E-state index in [1.54, 1.807) is 12.1 Å². The first-order valence-electron chi connectivity index (χ1n) is 6.18. The first-order valence-corrected chi connectivity index (χ1v) is 6.18. The number of carbonyl (C=O) groups excluding carboxylic acids is 1. The van der Waals surface area contributed by atoms with E-state index >= 15 is 0 Å². The lowest BCUT2D eigenvalue weighted by atomic mass is 10.3. The van der Waals surface area contributed by atoms with E-state index in [4.69, 9.17) is 9.68 Å². The Kier molecular flexibility index (Phi) is 5.95. The lowest BCUT2D eigenvalue weighted by molar-refractivity contribution is -0.130. The molecule has 0 aromatic carbocycles. The summed E-state index contributed by atoms with van der Waals surface area (Å²) in [5.74, 6) is 1.18. The van der Waals surface area contributed by atoms with Gasteiger partial charge in [0.15, 0.2) is 0 Å². The zero-order valence-electron chi connectivity index (χ0n) is 10.9. The summed E-state index contributed by atoms with van der Waals surface area (Å²) in [5.41, 5.74) is 0. The average Bonchev–Trinajstić information content (AvgIpc) is 2.84. The number of hydrogen-bond donors (Lipinski definition) is 1. The van der Waals surface area contributed by atoms with E-state index in [0.29, 0.717) is 31.0 Å². The van der Waals surface area contributed by atoms with Crippen LogP contribution in [0.25, 0.3) is 0 Å². The quantitative estimate of drug-likeness (QED) is 0.743. The Morgan fingerprint density at radius 1 is 1.44 bits per heavy atom. The van der Waals surface area contributed by atoms with Gasteiger partial charge in [-0.25, -0.2) is 0 Å². The molecule has 1 heterocycles. The lowest BCUT2D eigenvalue weighted by Crippen LogP contribution is -2.32. The van der Waals surface area contributed by atoms with Crippen LogP contribution in [0.1, 0.15) is 31.8 Å². The maximum absolute atomic E-state index is 11.7. The molecule has 0 saturated heterocycles. The molecule has 5 nitrogen and oxygen atoms in total. The van der Waals surface area contributed by atoms with Crippen LogP contribution >= 0.6 is 0 Å². The van der Waals surface area contributed by atoms with E-state index < -0.39 is 0 Å². The molecule has 1 N–H and O–H groups in total. The number of rotatable bonds is 7. The summed E-state index contributed by atoms with van der Waals surface area (Å²) in [6.45, 7) is 6.59. The summed E-state index contributed by atoms with van der Waals surface area (Å²) >= 11 is 0. The minimum Gasteiger partial charge on any atom is -0.449 e. The number of nitriles is 1. The molecular formula is C13H19N3O2. The highest BCUT2D eigenvalue weighted by Gasteiger charge is 2.08. The van der Waals surface area contributed by atoms with Gasteiger partial charge in [-0.3, -0.25) is 4.79 Å². The molecular weight excluding hydrogens is 230 g/mol. The first-order chi connectivity index (χ1) is 8.71. The molecule has 0 radical (unpaired) electrons. The van der Waals surface area contributed by atoms with Crippen molar-refractivity contribution in [1.82, 2.24) is 10.2 Å². The second-order valence-corrected chi connectivity index (χ2v) is 3.87. The van der Waals surface area contributed by atoms with E-state index in [9.17, 15) is 4.79 Å². The molecule has 0 saturated carbocycles. The van der Waals surface area contributed by atoms with Gasteiger partial charge in [0.2, 0.25) is 11.7 Å². The van der Waals surface area contributed by atoms with Crippen LogP contribution in [0.4, 0.5) is 0 Å². The van der Waals surface area contributed by atoms with Crippen molar-refractivity contribution >= 4 is 5.91 Å². The molecule has 0 atom stereocenters. The van der Waals surface area contributed by atoms with Gasteiger partial charge in [-0.2, -0.15) is 5.26 Å². The minimum atomic E-state index is 0.157. The molecule has 0 aliphatic heterocycles. The molecule has 0 unspecified atom stereocenters. The zero-order valence-corrected chi connectivity index (χ0v) is 10.9. The molecule has 0 aliphatic carbocycles. The monoisotopic (exact) mass is 249 g/mol. The predicted molar refractivity (Wildman–Crippen MR) is 67.7 cm³/mol. The molecule has 0 spiro atoms. The highest BCUT2D eigenvalue weighted by Crippen LogP contribution is 2.05. The summed E-state index contributed by atoms with van der Waals surface area (Å²) in [5, 5.41) is 11.7. The number of nitrogens with one attached hydrogen (secondary N) is 1. The maximum atomic E-state index is 11.7. The van der Waals surface area contributed by atoms with Gasteiger partial charge in [0.25, 0.3) is 0 Å². The van der Waals surface area contributed by atoms with Gasteiger partial charge in [0.1, 0.15) is 11.8 Å². The molecule has 1 rings (SSSR count). The fourth-order valence-corrected chi connectivity index (χ4v) is 1.67. The number of nitrogens with zero attached hydrogens (tertiary/aromatic N) is 2. The smallest absolute Gasteiger partial charge is 0.223 e. The normalized spacial score (nSPS) is 10.1. The summed E-state index contributed by atoms with van der Waals surface area (Å²) in [4.78, 5) is 13.5. The fraction of sp³-hybridized carbons (Fsp3) is 0.538. The largest absolute Gasteiger partial charge is 0.449 e. The van der Waals surface area contributed by atoms with Crippen molar-refractivity contribution < 1.29 is 9.21 Å². The van der Waals surface area contributed by atoms with Crippen molar-refractivity contribution in [3.63, 3.8) is 0 Å². The van der Waals surface area contributed by atoms with Crippen LogP contribution < -0.4 is 5.32 Å². The molecule has 1 aromatic rings. The molecule has 1 amide bonds. The Labute approximate surface area is 107 Å². The van der Waals surface area contributed by atoms with Crippen LogP contribution in [0, 0.1) is 11.3 Å². The number of hydrogen-bond acceptors (Lipinski definition) is 4. The first kappa shape index (κ1) is 14.3. The van der Waals surface area contributed by atoms with Crippen molar-refractivity contribution in [1.29, 1.82) is 5.26 Å². The number of carbonyl (C=O) groups is 1. The van der Waals surface area contributed by atoms with Gasteiger partial charge in [0.05, 0.1) is 6.54 Å². The Hall–Kier alpha value is -1.80. The summed E-state index contributed by atoms with van der Waals surface area (Å²) in [7, 11) is 0. The van der Waals surface area contributed by atoms with Crippen LogP contribution in [0.15, 0.2) is 16.5 Å². The van der Waals surface area contributed by atoms with E-state index in [1.165, 1.54) is 0 Å². The van der Waals surface area contributed by atoms with Gasteiger partial charge in [0, 0.05) is 26.1 Å². The molecule has 0 bridgehead atoms. The Balaban J connectivity index is 2.22. The molecule has 1 aromatic heterocycles. The van der Waals surface area contributed by atoms with E-state index in [2.05, 4.69) is 5.32 Å². The number of amides is 1. The van der Waals surface area contributed by atoms with E-state index in [-0.39, 0.29) is 5.91 Å². The summed E-state index contributed by atoms with van der Waals surface area (Å²) in [6, 6.07) is 5.33. The molecule has 98 valence electrons. The van der Waals surface area contributed by atoms with Gasteiger partial charge >= 0.3 is 0 Å². The van der Waals surface area contributed by atoms with E-state index in [0.717, 1.165) is 13.1 Å². The minimum absolute atomic E-state index is 0.157. The number of furan rings is 1. The standard InChI is InChI=1S/C13H19N3O2/c1-3-16(4-2)13(17)7-8-15-10-12-6-5-11(9-14)18-12/h5-6,15H,3-4,7-8,10H2,1-2H3. The fourth-order valence-electron chi connectivity index (χ4n) is 1.67. The topological polar surface area (TPSA) is 69.3 Å². The zero-order chi connectivity index (χ0) is 13.4. The molecule has 5 heteroatoms.